The standard InChI is InChI=1S/C9H11ClN2O2S/c1-9(2,8(13)14-3)15-7-6(10)11-4-5-12-7/h4-5H,1-3H3. The number of hydrogen-bond acceptors (Lipinski definition) is 5. The summed E-state index contributed by atoms with van der Waals surface area (Å²) < 4.78 is 3.95. The zero-order valence-corrected chi connectivity index (χ0v) is 10.2. The molecule has 82 valence electrons. The highest BCUT2D eigenvalue weighted by molar-refractivity contribution is 8.01. The van der Waals surface area contributed by atoms with Gasteiger partial charge in [0.15, 0.2) is 5.15 Å². The molecule has 0 radical (unpaired) electrons. The maximum absolute atomic E-state index is 11.4. The zero-order chi connectivity index (χ0) is 11.5. The first kappa shape index (κ1) is 12.3. The molecule has 0 fully saturated rings. The van der Waals surface area contributed by atoms with Crippen LogP contribution < -0.4 is 0 Å². The second-order valence-corrected chi connectivity index (χ2v) is 5.23. The van der Waals surface area contributed by atoms with E-state index in [4.69, 9.17) is 11.6 Å². The van der Waals surface area contributed by atoms with Gasteiger partial charge < -0.3 is 4.74 Å². The van der Waals surface area contributed by atoms with Gasteiger partial charge in [-0.25, -0.2) is 9.97 Å². The fraction of sp³-hybridized carbons (Fsp3) is 0.444. The van der Waals surface area contributed by atoms with Gasteiger partial charge in [0.1, 0.15) is 9.77 Å². The lowest BCUT2D eigenvalue weighted by Gasteiger charge is -2.19. The molecule has 0 aliphatic rings. The van der Waals surface area contributed by atoms with E-state index in [1.807, 2.05) is 0 Å². The zero-order valence-electron chi connectivity index (χ0n) is 8.65. The minimum Gasteiger partial charge on any atom is -0.468 e. The van der Waals surface area contributed by atoms with E-state index in [1.54, 1.807) is 13.8 Å². The first-order valence-electron chi connectivity index (χ1n) is 4.21. The van der Waals surface area contributed by atoms with E-state index in [-0.39, 0.29) is 5.97 Å². The van der Waals surface area contributed by atoms with Crippen molar-refractivity contribution in [1.29, 1.82) is 0 Å². The van der Waals surface area contributed by atoms with Gasteiger partial charge in [-0.3, -0.25) is 4.79 Å². The fourth-order valence-electron chi connectivity index (χ4n) is 0.906. The average molecular weight is 247 g/mol. The summed E-state index contributed by atoms with van der Waals surface area (Å²) in [6, 6.07) is 0. The van der Waals surface area contributed by atoms with Crippen molar-refractivity contribution in [3.63, 3.8) is 0 Å². The monoisotopic (exact) mass is 246 g/mol. The second-order valence-electron chi connectivity index (χ2n) is 3.26. The third kappa shape index (κ3) is 3.07. The molecule has 0 amide bonds. The average Bonchev–Trinajstić information content (AvgIpc) is 2.20. The SMILES string of the molecule is COC(=O)C(C)(C)Sc1nccnc1Cl. The van der Waals surface area contributed by atoms with Gasteiger partial charge in [-0.2, -0.15) is 0 Å². The first-order chi connectivity index (χ1) is 6.97. The summed E-state index contributed by atoms with van der Waals surface area (Å²) in [7, 11) is 1.35. The van der Waals surface area contributed by atoms with Gasteiger partial charge in [0, 0.05) is 12.4 Å². The minimum absolute atomic E-state index is 0.291. The molecule has 0 aliphatic carbocycles. The molecule has 0 aliphatic heterocycles. The van der Waals surface area contributed by atoms with E-state index in [0.29, 0.717) is 10.2 Å². The Morgan fingerprint density at radius 2 is 2.07 bits per heavy atom. The lowest BCUT2D eigenvalue weighted by atomic mass is 10.2. The summed E-state index contributed by atoms with van der Waals surface area (Å²) >= 11 is 7.06. The molecule has 1 rings (SSSR count). The minimum atomic E-state index is -0.728. The van der Waals surface area contributed by atoms with E-state index in [0.717, 1.165) is 0 Å². The van der Waals surface area contributed by atoms with Gasteiger partial charge in [-0.15, -0.1) is 0 Å². The summed E-state index contributed by atoms with van der Waals surface area (Å²) in [5.41, 5.74) is 0. The number of carbonyl (C=O) groups is 1. The quantitative estimate of drug-likeness (QED) is 0.604. The van der Waals surface area contributed by atoms with E-state index in [2.05, 4.69) is 14.7 Å². The van der Waals surface area contributed by atoms with Crippen molar-refractivity contribution in [1.82, 2.24) is 9.97 Å². The van der Waals surface area contributed by atoms with Gasteiger partial charge in [0.05, 0.1) is 7.11 Å². The number of thioether (sulfide) groups is 1. The molecule has 1 heterocycles. The number of esters is 1. The predicted octanol–water partition coefficient (Wildman–Crippen LogP) is 2.17. The van der Waals surface area contributed by atoms with Crippen LogP contribution in [0.4, 0.5) is 0 Å². The number of rotatable bonds is 3. The van der Waals surface area contributed by atoms with Crippen LogP contribution in [0.25, 0.3) is 0 Å². The van der Waals surface area contributed by atoms with Crippen LogP contribution in [0.15, 0.2) is 17.4 Å². The highest BCUT2D eigenvalue weighted by Crippen LogP contribution is 2.34. The molecule has 0 spiro atoms. The van der Waals surface area contributed by atoms with Crippen molar-refractivity contribution in [2.75, 3.05) is 7.11 Å². The molecule has 15 heavy (non-hydrogen) atoms. The van der Waals surface area contributed by atoms with Crippen LogP contribution in [0, 0.1) is 0 Å². The van der Waals surface area contributed by atoms with E-state index in [9.17, 15) is 4.79 Å². The van der Waals surface area contributed by atoms with Gasteiger partial charge in [-0.1, -0.05) is 23.4 Å². The highest BCUT2D eigenvalue weighted by atomic mass is 35.5. The van der Waals surface area contributed by atoms with Crippen molar-refractivity contribution in [3.05, 3.63) is 17.5 Å². The molecule has 1 aromatic rings. The Labute approximate surface area is 97.4 Å². The molecule has 4 nitrogen and oxygen atoms in total. The fourth-order valence-corrected chi connectivity index (χ4v) is 2.03. The number of carbonyl (C=O) groups excluding carboxylic acids is 1. The Bertz CT molecular complexity index is 371. The highest BCUT2D eigenvalue weighted by Gasteiger charge is 2.31. The van der Waals surface area contributed by atoms with Crippen molar-refractivity contribution in [3.8, 4) is 0 Å². The largest absolute Gasteiger partial charge is 0.468 e. The van der Waals surface area contributed by atoms with Crippen LogP contribution in [-0.2, 0) is 9.53 Å². The molecule has 0 saturated carbocycles. The number of methoxy groups -OCH3 is 1. The van der Waals surface area contributed by atoms with E-state index >= 15 is 0 Å². The van der Waals surface area contributed by atoms with Crippen LogP contribution in [-0.4, -0.2) is 27.8 Å². The van der Waals surface area contributed by atoms with Crippen LogP contribution in [0.5, 0.6) is 0 Å². The number of aromatic nitrogens is 2. The molecule has 6 heteroatoms. The Hall–Kier alpha value is -0.810. The number of nitrogens with zero attached hydrogens (tertiary/aromatic N) is 2. The van der Waals surface area contributed by atoms with Gasteiger partial charge in [-0.05, 0) is 13.8 Å². The predicted molar refractivity (Wildman–Crippen MR) is 59.0 cm³/mol. The summed E-state index contributed by atoms with van der Waals surface area (Å²) in [5, 5.41) is 0.814. The van der Waals surface area contributed by atoms with Crippen LogP contribution >= 0.6 is 23.4 Å². The summed E-state index contributed by atoms with van der Waals surface area (Å²) in [6.07, 6.45) is 3.03. The Kier molecular flexibility index (Phi) is 3.93. The van der Waals surface area contributed by atoms with E-state index < -0.39 is 4.75 Å². The lowest BCUT2D eigenvalue weighted by Crippen LogP contribution is -2.29. The van der Waals surface area contributed by atoms with Gasteiger partial charge in [0.2, 0.25) is 0 Å². The summed E-state index contributed by atoms with van der Waals surface area (Å²) in [4.78, 5) is 19.3. The second kappa shape index (κ2) is 4.81. The summed E-state index contributed by atoms with van der Waals surface area (Å²) in [5.74, 6) is -0.325. The number of ether oxygens (including phenoxy) is 1. The lowest BCUT2D eigenvalue weighted by molar-refractivity contribution is -0.142. The van der Waals surface area contributed by atoms with Gasteiger partial charge in [0.25, 0.3) is 0 Å². The molecular weight excluding hydrogens is 236 g/mol. The topological polar surface area (TPSA) is 52.1 Å². The number of halogens is 1. The Morgan fingerprint density at radius 1 is 1.47 bits per heavy atom. The Morgan fingerprint density at radius 3 is 2.60 bits per heavy atom. The Balaban J connectivity index is 2.86. The smallest absolute Gasteiger partial charge is 0.321 e. The molecule has 0 N–H and O–H groups in total. The first-order valence-corrected chi connectivity index (χ1v) is 5.41. The van der Waals surface area contributed by atoms with Crippen LogP contribution in [0.2, 0.25) is 5.15 Å². The number of hydrogen-bond donors (Lipinski definition) is 0. The molecular formula is C9H11ClN2O2S. The molecule has 0 unspecified atom stereocenters. The maximum Gasteiger partial charge on any atom is 0.321 e. The van der Waals surface area contributed by atoms with E-state index in [1.165, 1.54) is 31.3 Å². The van der Waals surface area contributed by atoms with Crippen molar-refractivity contribution >= 4 is 29.3 Å². The van der Waals surface area contributed by atoms with Gasteiger partial charge >= 0.3 is 5.97 Å². The molecule has 1 aromatic heterocycles. The normalized spacial score (nSPS) is 11.2. The third-order valence-electron chi connectivity index (χ3n) is 1.65. The molecule has 0 aromatic carbocycles. The molecule has 0 bridgehead atoms. The maximum atomic E-state index is 11.4. The van der Waals surface area contributed by atoms with Crippen LogP contribution in [0.3, 0.4) is 0 Å². The van der Waals surface area contributed by atoms with Crippen molar-refractivity contribution in [2.24, 2.45) is 0 Å². The van der Waals surface area contributed by atoms with Crippen LogP contribution in [0.1, 0.15) is 13.8 Å². The third-order valence-corrected chi connectivity index (χ3v) is 3.21. The molecule has 0 saturated heterocycles. The molecule has 0 atom stereocenters. The van der Waals surface area contributed by atoms with Crippen molar-refractivity contribution < 1.29 is 9.53 Å². The van der Waals surface area contributed by atoms with Crippen molar-refractivity contribution in [2.45, 2.75) is 23.6 Å². The summed E-state index contributed by atoms with van der Waals surface area (Å²) in [6.45, 7) is 3.49.